The third-order valence-electron chi connectivity index (χ3n) is 4.90. The fourth-order valence-electron chi connectivity index (χ4n) is 3.34. The normalized spacial score (nSPS) is 10.7. The Labute approximate surface area is 189 Å². The summed E-state index contributed by atoms with van der Waals surface area (Å²) in [6, 6.07) is 17.2. The van der Waals surface area contributed by atoms with E-state index in [0.29, 0.717) is 22.3 Å². The second-order valence-electron chi connectivity index (χ2n) is 7.26. The summed E-state index contributed by atoms with van der Waals surface area (Å²) in [5.41, 5.74) is 2.74. The van der Waals surface area contributed by atoms with Gasteiger partial charge in [0, 0.05) is 12.1 Å². The van der Waals surface area contributed by atoms with Crippen molar-refractivity contribution in [2.45, 2.75) is 6.54 Å². The Hall–Kier alpha value is -4.33. The summed E-state index contributed by atoms with van der Waals surface area (Å²) in [7, 11) is 0. The Morgan fingerprint density at radius 3 is 2.70 bits per heavy atom. The minimum Gasteiger partial charge on any atom is -0.452 e. The summed E-state index contributed by atoms with van der Waals surface area (Å²) >= 11 is 0. The maximum absolute atomic E-state index is 13.6. The number of rotatable bonds is 8. The molecule has 7 nitrogen and oxygen atoms in total. The van der Waals surface area contributed by atoms with Crippen LogP contribution in [0.15, 0.2) is 79.5 Å². The number of hydrogen-bond donors (Lipinski definition) is 1. The second kappa shape index (κ2) is 9.86. The second-order valence-corrected chi connectivity index (χ2v) is 7.26. The number of amides is 1. The first-order valence-electron chi connectivity index (χ1n) is 10.3. The van der Waals surface area contributed by atoms with Crippen molar-refractivity contribution in [1.29, 1.82) is 0 Å². The molecule has 1 N–H and O–H groups in total. The van der Waals surface area contributed by atoms with Crippen LogP contribution in [-0.4, -0.2) is 39.8 Å². The lowest BCUT2D eigenvalue weighted by molar-refractivity contribution is -0.124. The molecule has 4 rings (SSSR count). The Kier molecular flexibility index (Phi) is 6.54. The van der Waals surface area contributed by atoms with Gasteiger partial charge in [-0.05, 0) is 23.8 Å². The van der Waals surface area contributed by atoms with Crippen LogP contribution >= 0.6 is 0 Å². The van der Waals surface area contributed by atoms with E-state index in [-0.39, 0.29) is 24.5 Å². The Morgan fingerprint density at radius 2 is 1.94 bits per heavy atom. The zero-order chi connectivity index (χ0) is 23.2. The van der Waals surface area contributed by atoms with Gasteiger partial charge >= 0.3 is 5.97 Å². The van der Waals surface area contributed by atoms with Crippen molar-refractivity contribution >= 4 is 22.9 Å². The molecule has 0 atom stereocenters. The maximum Gasteiger partial charge on any atom is 0.339 e. The molecule has 0 radical (unpaired) electrons. The summed E-state index contributed by atoms with van der Waals surface area (Å²) in [6.07, 6.45) is 3.05. The number of esters is 1. The van der Waals surface area contributed by atoms with Crippen molar-refractivity contribution in [2.24, 2.45) is 0 Å². The molecule has 0 spiro atoms. The van der Waals surface area contributed by atoms with Crippen molar-refractivity contribution < 1.29 is 18.7 Å². The quantitative estimate of drug-likeness (QED) is 0.331. The van der Waals surface area contributed by atoms with Gasteiger partial charge in [0.05, 0.1) is 29.4 Å². The molecule has 0 aliphatic rings. The predicted molar refractivity (Wildman–Crippen MR) is 122 cm³/mol. The van der Waals surface area contributed by atoms with E-state index in [9.17, 15) is 14.0 Å². The van der Waals surface area contributed by atoms with Crippen molar-refractivity contribution in [1.82, 2.24) is 20.1 Å². The highest BCUT2D eigenvalue weighted by Gasteiger charge is 2.19. The fraction of sp³-hybridized carbons (Fsp3) is 0.120. The number of ether oxygens (including phenoxy) is 1. The van der Waals surface area contributed by atoms with Gasteiger partial charge in [0.25, 0.3) is 5.91 Å². The molecule has 0 aliphatic carbocycles. The molecule has 0 unspecified atom stereocenters. The van der Waals surface area contributed by atoms with Crippen molar-refractivity contribution in [3.63, 3.8) is 0 Å². The number of aromatic nitrogens is 3. The van der Waals surface area contributed by atoms with E-state index in [4.69, 9.17) is 9.72 Å². The van der Waals surface area contributed by atoms with Crippen LogP contribution in [0.5, 0.6) is 0 Å². The van der Waals surface area contributed by atoms with Gasteiger partial charge in [0.2, 0.25) is 0 Å². The first-order chi connectivity index (χ1) is 16.0. The summed E-state index contributed by atoms with van der Waals surface area (Å²) in [5, 5.41) is 7.40. The largest absolute Gasteiger partial charge is 0.452 e. The third-order valence-corrected chi connectivity index (χ3v) is 4.90. The molecule has 0 saturated carbocycles. The molecule has 0 bridgehead atoms. The van der Waals surface area contributed by atoms with Gasteiger partial charge in [-0.1, -0.05) is 48.5 Å². The van der Waals surface area contributed by atoms with E-state index in [1.165, 1.54) is 24.4 Å². The zero-order valence-corrected chi connectivity index (χ0v) is 17.7. The van der Waals surface area contributed by atoms with Crippen molar-refractivity contribution in [3.8, 4) is 11.3 Å². The average Bonchev–Trinajstić information content (AvgIpc) is 3.23. The van der Waals surface area contributed by atoms with Gasteiger partial charge < -0.3 is 10.1 Å². The molecule has 0 saturated heterocycles. The van der Waals surface area contributed by atoms with Crippen molar-refractivity contribution in [3.05, 3.63) is 96.5 Å². The van der Waals surface area contributed by atoms with Gasteiger partial charge in [0.1, 0.15) is 5.82 Å². The number of hydrogen-bond acceptors (Lipinski definition) is 5. The summed E-state index contributed by atoms with van der Waals surface area (Å²) < 4.78 is 20.5. The van der Waals surface area contributed by atoms with Crippen LogP contribution in [0.3, 0.4) is 0 Å². The number of carbonyl (C=O) groups excluding carboxylic acids is 2. The standard InChI is InChI=1S/C25H21FN4O3/c1-2-11-27-23(31)16-33-25(32)20-13-22(18-8-4-3-5-9-18)29-24-21(20)14-28-30(24)15-17-7-6-10-19(26)12-17/h2-10,12-14H,1,11,15-16H2,(H,27,31). The van der Waals surface area contributed by atoms with Gasteiger partial charge in [-0.15, -0.1) is 6.58 Å². The molecule has 2 aromatic heterocycles. The monoisotopic (exact) mass is 444 g/mol. The van der Waals surface area contributed by atoms with E-state index >= 15 is 0 Å². The Bertz CT molecular complexity index is 1320. The lowest BCUT2D eigenvalue weighted by Gasteiger charge is -2.10. The average molecular weight is 444 g/mol. The number of pyridine rings is 1. The minimum atomic E-state index is -0.668. The summed E-state index contributed by atoms with van der Waals surface area (Å²) in [5.74, 6) is -1.45. The highest BCUT2D eigenvalue weighted by Crippen LogP contribution is 2.26. The summed E-state index contributed by atoms with van der Waals surface area (Å²) in [6.45, 7) is 3.65. The Balaban J connectivity index is 1.72. The highest BCUT2D eigenvalue weighted by atomic mass is 19.1. The third kappa shape index (κ3) is 5.12. The lowest BCUT2D eigenvalue weighted by Crippen LogP contribution is -2.28. The fourth-order valence-corrected chi connectivity index (χ4v) is 3.34. The van der Waals surface area contributed by atoms with Crippen LogP contribution in [0.1, 0.15) is 15.9 Å². The number of halogens is 1. The first-order valence-corrected chi connectivity index (χ1v) is 10.3. The zero-order valence-electron chi connectivity index (χ0n) is 17.7. The molecule has 2 aromatic carbocycles. The van der Waals surface area contributed by atoms with E-state index in [2.05, 4.69) is 17.0 Å². The van der Waals surface area contributed by atoms with Crippen LogP contribution in [0.25, 0.3) is 22.3 Å². The molecule has 4 aromatic rings. The molecular formula is C25H21FN4O3. The Morgan fingerprint density at radius 1 is 1.12 bits per heavy atom. The molecule has 8 heteroatoms. The van der Waals surface area contributed by atoms with Gasteiger partial charge in [0.15, 0.2) is 12.3 Å². The van der Waals surface area contributed by atoms with Crippen LogP contribution < -0.4 is 5.32 Å². The number of nitrogens with one attached hydrogen (secondary N) is 1. The van der Waals surface area contributed by atoms with Crippen LogP contribution in [0.2, 0.25) is 0 Å². The number of nitrogens with zero attached hydrogens (tertiary/aromatic N) is 3. The molecule has 33 heavy (non-hydrogen) atoms. The van der Waals surface area contributed by atoms with E-state index < -0.39 is 18.5 Å². The van der Waals surface area contributed by atoms with Gasteiger partial charge in [-0.25, -0.2) is 18.9 Å². The van der Waals surface area contributed by atoms with Gasteiger partial charge in [-0.3, -0.25) is 4.79 Å². The smallest absolute Gasteiger partial charge is 0.339 e. The van der Waals surface area contributed by atoms with E-state index in [1.807, 2.05) is 30.3 Å². The minimum absolute atomic E-state index is 0.237. The van der Waals surface area contributed by atoms with E-state index in [1.54, 1.807) is 22.9 Å². The maximum atomic E-state index is 13.6. The predicted octanol–water partition coefficient (Wildman–Crippen LogP) is 3.74. The number of benzene rings is 2. The molecule has 0 fully saturated rings. The number of carbonyl (C=O) groups is 2. The van der Waals surface area contributed by atoms with Gasteiger partial charge in [-0.2, -0.15) is 5.10 Å². The topological polar surface area (TPSA) is 86.1 Å². The molecular weight excluding hydrogens is 423 g/mol. The first kappa shape index (κ1) is 21.9. The van der Waals surface area contributed by atoms with Crippen LogP contribution in [0.4, 0.5) is 4.39 Å². The van der Waals surface area contributed by atoms with Crippen molar-refractivity contribution in [2.75, 3.05) is 13.2 Å². The summed E-state index contributed by atoms with van der Waals surface area (Å²) in [4.78, 5) is 29.4. The molecule has 1 amide bonds. The SMILES string of the molecule is C=CCNC(=O)COC(=O)c1cc(-c2ccccc2)nc2c1cnn2Cc1cccc(F)c1. The van der Waals surface area contributed by atoms with E-state index in [0.717, 1.165) is 5.56 Å². The molecule has 166 valence electrons. The lowest BCUT2D eigenvalue weighted by atomic mass is 10.1. The number of fused-ring (bicyclic) bond motifs is 1. The molecule has 0 aliphatic heterocycles. The van der Waals surface area contributed by atoms with Crippen LogP contribution in [0, 0.1) is 5.82 Å². The molecule has 2 heterocycles. The van der Waals surface area contributed by atoms with Crippen LogP contribution in [-0.2, 0) is 16.1 Å². The highest BCUT2D eigenvalue weighted by molar-refractivity contribution is 6.04.